The molecule has 0 heterocycles. The van der Waals surface area contributed by atoms with Gasteiger partial charge in [-0.05, 0) is 22.0 Å². The first-order chi connectivity index (χ1) is 7.95. The van der Waals surface area contributed by atoms with Gasteiger partial charge in [-0.1, -0.05) is 0 Å². The number of non-ortho nitro benzene ring substituents is 1. The van der Waals surface area contributed by atoms with Crippen molar-refractivity contribution >= 4 is 33.3 Å². The standard InChI is InChI=1S/C10H11BrN2O4/c1-12(6-10(14)17-2)9-4-3-7(13(15)16)5-8(9)11/h3-5H,6H2,1-2H3. The van der Waals surface area contributed by atoms with Gasteiger partial charge in [-0.2, -0.15) is 0 Å². The highest BCUT2D eigenvalue weighted by Gasteiger charge is 2.14. The third kappa shape index (κ3) is 3.42. The number of rotatable bonds is 4. The van der Waals surface area contributed by atoms with E-state index in [-0.39, 0.29) is 18.2 Å². The molecule has 0 atom stereocenters. The second kappa shape index (κ2) is 5.62. The summed E-state index contributed by atoms with van der Waals surface area (Å²) in [5.74, 6) is -0.377. The van der Waals surface area contributed by atoms with Crippen molar-refractivity contribution in [3.8, 4) is 0 Å². The fraction of sp³-hybridized carbons (Fsp3) is 0.300. The summed E-state index contributed by atoms with van der Waals surface area (Å²) in [5, 5.41) is 10.6. The number of ether oxygens (including phenoxy) is 1. The minimum absolute atomic E-state index is 0.00732. The molecule has 6 nitrogen and oxygen atoms in total. The van der Waals surface area contributed by atoms with Gasteiger partial charge in [-0.15, -0.1) is 0 Å². The minimum atomic E-state index is -0.477. The van der Waals surface area contributed by atoms with Crippen molar-refractivity contribution in [2.24, 2.45) is 0 Å². The van der Waals surface area contributed by atoms with Crippen LogP contribution >= 0.6 is 15.9 Å². The molecule has 0 saturated heterocycles. The van der Waals surface area contributed by atoms with E-state index >= 15 is 0 Å². The molecule has 92 valence electrons. The molecular weight excluding hydrogens is 292 g/mol. The Bertz CT molecular complexity index is 450. The Hall–Kier alpha value is -1.63. The molecule has 17 heavy (non-hydrogen) atoms. The number of hydrogen-bond acceptors (Lipinski definition) is 5. The van der Waals surface area contributed by atoms with Crippen LogP contribution in [0.2, 0.25) is 0 Å². The second-order valence-corrected chi connectivity index (χ2v) is 4.18. The Balaban J connectivity index is 2.92. The van der Waals surface area contributed by atoms with Crippen molar-refractivity contribution in [2.75, 3.05) is 25.6 Å². The van der Waals surface area contributed by atoms with E-state index < -0.39 is 4.92 Å². The summed E-state index contributed by atoms with van der Waals surface area (Å²) in [7, 11) is 3.00. The van der Waals surface area contributed by atoms with Crippen LogP contribution in [0.25, 0.3) is 0 Å². The number of methoxy groups -OCH3 is 1. The molecule has 1 aromatic rings. The molecule has 0 spiro atoms. The Morgan fingerprint density at radius 3 is 2.71 bits per heavy atom. The van der Waals surface area contributed by atoms with Gasteiger partial charge in [0.1, 0.15) is 6.54 Å². The Morgan fingerprint density at radius 2 is 2.24 bits per heavy atom. The van der Waals surface area contributed by atoms with Crippen molar-refractivity contribution in [1.29, 1.82) is 0 Å². The Kier molecular flexibility index (Phi) is 4.45. The highest BCUT2D eigenvalue weighted by molar-refractivity contribution is 9.10. The number of likely N-dealkylation sites (N-methyl/N-ethyl adjacent to an activating group) is 1. The fourth-order valence-electron chi connectivity index (χ4n) is 1.26. The first-order valence-electron chi connectivity index (χ1n) is 4.67. The molecule has 0 amide bonds. The number of nitro benzene ring substituents is 1. The summed E-state index contributed by atoms with van der Waals surface area (Å²) in [6, 6.07) is 4.35. The average Bonchev–Trinajstić information content (AvgIpc) is 2.28. The third-order valence-corrected chi connectivity index (χ3v) is 2.78. The van der Waals surface area contributed by atoms with Gasteiger partial charge in [-0.25, -0.2) is 0 Å². The zero-order valence-electron chi connectivity index (χ0n) is 9.34. The number of hydrogen-bond donors (Lipinski definition) is 0. The van der Waals surface area contributed by atoms with Gasteiger partial charge in [0, 0.05) is 23.7 Å². The third-order valence-electron chi connectivity index (χ3n) is 2.15. The summed E-state index contributed by atoms with van der Waals surface area (Å²) in [6.07, 6.45) is 0. The lowest BCUT2D eigenvalue weighted by atomic mass is 10.2. The molecule has 0 N–H and O–H groups in total. The van der Waals surface area contributed by atoms with E-state index in [4.69, 9.17) is 0 Å². The second-order valence-electron chi connectivity index (χ2n) is 3.33. The molecule has 0 aliphatic carbocycles. The van der Waals surface area contributed by atoms with Crippen LogP contribution in [0.15, 0.2) is 22.7 Å². The summed E-state index contributed by atoms with van der Waals surface area (Å²) >= 11 is 3.23. The number of nitrogens with zero attached hydrogens (tertiary/aromatic N) is 2. The molecule has 0 fully saturated rings. The molecule has 7 heteroatoms. The van der Waals surface area contributed by atoms with E-state index in [2.05, 4.69) is 20.7 Å². The summed E-state index contributed by atoms with van der Waals surface area (Å²) in [5.41, 5.74) is 0.674. The maximum absolute atomic E-state index is 11.1. The topological polar surface area (TPSA) is 72.7 Å². The number of esters is 1. The number of carbonyl (C=O) groups is 1. The molecule has 0 aliphatic heterocycles. The zero-order valence-corrected chi connectivity index (χ0v) is 10.9. The van der Waals surface area contributed by atoms with Crippen molar-refractivity contribution in [3.63, 3.8) is 0 Å². The van der Waals surface area contributed by atoms with Crippen LogP contribution in [0.4, 0.5) is 11.4 Å². The molecular formula is C10H11BrN2O4. The smallest absolute Gasteiger partial charge is 0.325 e. The van der Waals surface area contributed by atoms with Crippen LogP contribution in [0.3, 0.4) is 0 Å². The van der Waals surface area contributed by atoms with E-state index in [9.17, 15) is 14.9 Å². The monoisotopic (exact) mass is 302 g/mol. The number of anilines is 1. The van der Waals surface area contributed by atoms with Gasteiger partial charge < -0.3 is 9.64 Å². The molecule has 0 saturated carbocycles. The molecule has 0 aliphatic rings. The summed E-state index contributed by atoms with van der Waals surface area (Å²) in [4.78, 5) is 22.8. The van der Waals surface area contributed by atoms with Crippen molar-refractivity contribution in [1.82, 2.24) is 0 Å². The molecule has 0 radical (unpaired) electrons. The number of carbonyl (C=O) groups excluding carboxylic acids is 1. The largest absolute Gasteiger partial charge is 0.468 e. The van der Waals surface area contributed by atoms with Crippen LogP contribution in [-0.4, -0.2) is 31.6 Å². The van der Waals surface area contributed by atoms with Gasteiger partial charge in [0.25, 0.3) is 5.69 Å². The minimum Gasteiger partial charge on any atom is -0.468 e. The van der Waals surface area contributed by atoms with E-state index in [1.165, 1.54) is 19.2 Å². The molecule has 0 unspecified atom stereocenters. The van der Waals surface area contributed by atoms with Crippen LogP contribution in [0.5, 0.6) is 0 Å². The predicted molar refractivity (Wildman–Crippen MR) is 66.1 cm³/mol. The number of benzene rings is 1. The maximum atomic E-state index is 11.1. The molecule has 0 aromatic heterocycles. The maximum Gasteiger partial charge on any atom is 0.325 e. The van der Waals surface area contributed by atoms with Gasteiger partial charge in [0.05, 0.1) is 17.7 Å². The highest BCUT2D eigenvalue weighted by atomic mass is 79.9. The first kappa shape index (κ1) is 13.4. The normalized spacial score (nSPS) is 9.82. The van der Waals surface area contributed by atoms with Gasteiger partial charge >= 0.3 is 5.97 Å². The van der Waals surface area contributed by atoms with E-state index in [0.29, 0.717) is 10.2 Å². The Morgan fingerprint density at radius 1 is 1.59 bits per heavy atom. The lowest BCUT2D eigenvalue weighted by Gasteiger charge is -2.18. The number of nitro groups is 1. The van der Waals surface area contributed by atoms with Crippen LogP contribution in [0, 0.1) is 10.1 Å². The lowest BCUT2D eigenvalue weighted by Crippen LogP contribution is -2.26. The van der Waals surface area contributed by atoms with Crippen molar-refractivity contribution in [3.05, 3.63) is 32.8 Å². The van der Waals surface area contributed by atoms with Gasteiger partial charge in [0.15, 0.2) is 0 Å². The zero-order chi connectivity index (χ0) is 13.0. The Labute approximate surface area is 106 Å². The van der Waals surface area contributed by atoms with Crippen LogP contribution in [-0.2, 0) is 9.53 Å². The van der Waals surface area contributed by atoms with Gasteiger partial charge in [0.2, 0.25) is 0 Å². The SMILES string of the molecule is COC(=O)CN(C)c1ccc([N+](=O)[O-])cc1Br. The van der Waals surface area contributed by atoms with E-state index in [1.54, 1.807) is 18.0 Å². The highest BCUT2D eigenvalue weighted by Crippen LogP contribution is 2.29. The van der Waals surface area contributed by atoms with E-state index in [1.807, 2.05) is 0 Å². The predicted octanol–water partition coefficient (Wildman–Crippen LogP) is 1.97. The van der Waals surface area contributed by atoms with Crippen LogP contribution < -0.4 is 4.90 Å². The average molecular weight is 303 g/mol. The summed E-state index contributed by atoms with van der Waals surface area (Å²) in [6.45, 7) is 0.0763. The van der Waals surface area contributed by atoms with Crippen molar-refractivity contribution in [2.45, 2.75) is 0 Å². The van der Waals surface area contributed by atoms with Gasteiger partial charge in [-0.3, -0.25) is 14.9 Å². The molecule has 1 aromatic carbocycles. The van der Waals surface area contributed by atoms with E-state index in [0.717, 1.165) is 0 Å². The lowest BCUT2D eigenvalue weighted by molar-refractivity contribution is -0.384. The quantitative estimate of drug-likeness (QED) is 0.483. The first-order valence-corrected chi connectivity index (χ1v) is 5.47. The van der Waals surface area contributed by atoms with Crippen molar-refractivity contribution < 1.29 is 14.5 Å². The number of halogens is 1. The molecule has 1 rings (SSSR count). The van der Waals surface area contributed by atoms with Crippen LogP contribution in [0.1, 0.15) is 0 Å². The fourth-order valence-corrected chi connectivity index (χ4v) is 1.93. The molecule has 0 bridgehead atoms. The summed E-state index contributed by atoms with van der Waals surface area (Å²) < 4.78 is 5.09.